The molecule has 2 atom stereocenters. The monoisotopic (exact) mass is 339 g/mol. The van der Waals surface area contributed by atoms with Crippen molar-refractivity contribution in [2.45, 2.75) is 52.6 Å². The van der Waals surface area contributed by atoms with Gasteiger partial charge in [0.15, 0.2) is 0 Å². The first kappa shape index (κ1) is 17.8. The van der Waals surface area contributed by atoms with Gasteiger partial charge in [0.05, 0.1) is 11.6 Å². The maximum absolute atomic E-state index is 12.5. The molecule has 1 aromatic rings. The molecule has 0 aromatic carbocycles. The Morgan fingerprint density at radius 3 is 2.78 bits per heavy atom. The summed E-state index contributed by atoms with van der Waals surface area (Å²) < 4.78 is 5.03. The van der Waals surface area contributed by atoms with Gasteiger partial charge in [-0.2, -0.15) is 0 Å². The number of rotatable bonds is 6. The second-order valence-corrected chi connectivity index (χ2v) is 7.50. The summed E-state index contributed by atoms with van der Waals surface area (Å²) in [7, 11) is 0. The highest BCUT2D eigenvalue weighted by Gasteiger charge is 2.36. The normalized spacial score (nSPS) is 19.2. The topological polar surface area (TPSA) is 75.4 Å². The highest BCUT2D eigenvalue weighted by atomic mass is 32.2. The second-order valence-electron chi connectivity index (χ2n) is 6.50. The van der Waals surface area contributed by atoms with E-state index in [1.54, 1.807) is 29.7 Å². The summed E-state index contributed by atoms with van der Waals surface area (Å²) >= 11 is 1.58. The number of aromatic nitrogens is 1. The molecule has 1 aromatic heterocycles. The molecule has 0 bridgehead atoms. The molecular formula is C16H25N3O3S. The number of hydrogen-bond donors (Lipinski definition) is 1. The van der Waals surface area contributed by atoms with Crippen molar-refractivity contribution in [3.05, 3.63) is 17.5 Å². The molecule has 0 radical (unpaired) electrons. The van der Waals surface area contributed by atoms with Gasteiger partial charge in [-0.3, -0.25) is 9.59 Å². The molecule has 1 aliphatic rings. The van der Waals surface area contributed by atoms with Gasteiger partial charge in [-0.25, -0.2) is 0 Å². The van der Waals surface area contributed by atoms with Gasteiger partial charge >= 0.3 is 0 Å². The molecule has 0 unspecified atom stereocenters. The second kappa shape index (κ2) is 7.86. The van der Waals surface area contributed by atoms with E-state index in [2.05, 4.69) is 24.3 Å². The summed E-state index contributed by atoms with van der Waals surface area (Å²) in [6.45, 7) is 8.11. The van der Waals surface area contributed by atoms with Crippen molar-refractivity contribution in [1.29, 1.82) is 0 Å². The molecule has 2 rings (SSSR count). The molecule has 0 spiro atoms. The van der Waals surface area contributed by atoms with Crippen molar-refractivity contribution in [1.82, 2.24) is 15.4 Å². The minimum absolute atomic E-state index is 0.0872. The molecule has 0 aliphatic carbocycles. The lowest BCUT2D eigenvalue weighted by Crippen LogP contribution is -2.49. The average molecular weight is 339 g/mol. The maximum Gasteiger partial charge on any atom is 0.293 e. The lowest BCUT2D eigenvalue weighted by atomic mass is 10.0. The van der Waals surface area contributed by atoms with Crippen molar-refractivity contribution in [2.75, 3.05) is 11.6 Å². The van der Waals surface area contributed by atoms with Crippen LogP contribution in [0, 0.1) is 12.8 Å². The number of aryl methyl sites for hydroxylation is 1. The molecule has 23 heavy (non-hydrogen) atoms. The highest BCUT2D eigenvalue weighted by molar-refractivity contribution is 7.99. The molecule has 2 amide bonds. The van der Waals surface area contributed by atoms with Crippen molar-refractivity contribution in [3.63, 3.8) is 0 Å². The number of amides is 2. The zero-order valence-corrected chi connectivity index (χ0v) is 15.0. The van der Waals surface area contributed by atoms with Gasteiger partial charge in [-0.15, -0.1) is 11.8 Å². The van der Waals surface area contributed by atoms with E-state index in [0.717, 1.165) is 12.8 Å². The van der Waals surface area contributed by atoms with Crippen molar-refractivity contribution in [2.24, 2.45) is 5.92 Å². The summed E-state index contributed by atoms with van der Waals surface area (Å²) in [6, 6.07) is 1.27. The minimum Gasteiger partial charge on any atom is -0.352 e. The van der Waals surface area contributed by atoms with E-state index in [0.29, 0.717) is 23.2 Å². The van der Waals surface area contributed by atoms with E-state index in [1.165, 1.54) is 0 Å². The number of carbonyl (C=O) groups excluding carboxylic acids is 2. The third kappa shape index (κ3) is 4.73. The fourth-order valence-corrected chi connectivity index (χ4v) is 3.61. The quantitative estimate of drug-likeness (QED) is 0.861. The zero-order valence-electron chi connectivity index (χ0n) is 14.2. The van der Waals surface area contributed by atoms with Gasteiger partial charge in [0, 0.05) is 17.9 Å². The summed E-state index contributed by atoms with van der Waals surface area (Å²) in [5, 5.41) is 6.76. The fraction of sp³-hybridized carbons (Fsp3) is 0.688. The smallest absolute Gasteiger partial charge is 0.293 e. The van der Waals surface area contributed by atoms with Crippen LogP contribution in [-0.4, -0.2) is 45.6 Å². The van der Waals surface area contributed by atoms with Gasteiger partial charge in [-0.05, 0) is 32.6 Å². The number of carbonyl (C=O) groups is 2. The Labute approximate surface area is 141 Å². The Morgan fingerprint density at radius 1 is 1.43 bits per heavy atom. The largest absolute Gasteiger partial charge is 0.352 e. The van der Waals surface area contributed by atoms with Crippen LogP contribution in [0.3, 0.4) is 0 Å². The lowest BCUT2D eigenvalue weighted by molar-refractivity contribution is -0.125. The number of nitrogens with one attached hydrogen (secondary N) is 1. The molecule has 1 fully saturated rings. The fourth-order valence-electron chi connectivity index (χ4n) is 2.46. The Hall–Kier alpha value is -1.50. The van der Waals surface area contributed by atoms with E-state index in [4.69, 9.17) is 4.52 Å². The maximum atomic E-state index is 12.5. The molecule has 7 heteroatoms. The van der Waals surface area contributed by atoms with Gasteiger partial charge in [0.1, 0.15) is 6.04 Å². The van der Waals surface area contributed by atoms with E-state index in [1.807, 2.05) is 6.92 Å². The summed E-state index contributed by atoms with van der Waals surface area (Å²) in [6.07, 6.45) is 2.01. The van der Waals surface area contributed by atoms with Crippen LogP contribution in [0.5, 0.6) is 0 Å². The summed E-state index contributed by atoms with van der Waals surface area (Å²) in [5.74, 6) is 1.56. The van der Waals surface area contributed by atoms with Crippen LogP contribution in [0.2, 0.25) is 0 Å². The molecule has 1 N–H and O–H groups in total. The first-order valence-electron chi connectivity index (χ1n) is 8.01. The Bertz CT molecular complexity index is 559. The van der Waals surface area contributed by atoms with Gasteiger partial charge in [0.25, 0.3) is 5.91 Å². The van der Waals surface area contributed by atoms with Crippen LogP contribution < -0.4 is 5.32 Å². The molecular weight excluding hydrogens is 314 g/mol. The first-order chi connectivity index (χ1) is 10.9. The van der Waals surface area contributed by atoms with Crippen LogP contribution >= 0.6 is 11.8 Å². The predicted octanol–water partition coefficient (Wildman–Crippen LogP) is 2.44. The van der Waals surface area contributed by atoms with Crippen LogP contribution in [0.15, 0.2) is 10.6 Å². The van der Waals surface area contributed by atoms with Crippen LogP contribution in [0.25, 0.3) is 0 Å². The van der Waals surface area contributed by atoms with Gasteiger partial charge in [0.2, 0.25) is 11.7 Å². The SMILES string of the molecule is Cc1cc(C(=O)N2CSC[C@H]2C(=O)N[C@@H](C)CCC(C)C)on1. The Morgan fingerprint density at radius 2 is 2.17 bits per heavy atom. The molecule has 2 heterocycles. The molecule has 6 nitrogen and oxygen atoms in total. The minimum atomic E-state index is -0.445. The number of hydrogen-bond acceptors (Lipinski definition) is 5. The van der Waals surface area contributed by atoms with Crippen LogP contribution in [-0.2, 0) is 4.79 Å². The van der Waals surface area contributed by atoms with E-state index in [-0.39, 0.29) is 23.6 Å². The van der Waals surface area contributed by atoms with Crippen molar-refractivity contribution in [3.8, 4) is 0 Å². The lowest BCUT2D eigenvalue weighted by Gasteiger charge is -2.24. The van der Waals surface area contributed by atoms with Crippen molar-refractivity contribution < 1.29 is 14.1 Å². The molecule has 128 valence electrons. The third-order valence-corrected chi connectivity index (χ3v) is 4.86. The zero-order chi connectivity index (χ0) is 17.0. The van der Waals surface area contributed by atoms with Gasteiger partial charge < -0.3 is 14.7 Å². The van der Waals surface area contributed by atoms with Gasteiger partial charge in [-0.1, -0.05) is 19.0 Å². The number of thioether (sulfide) groups is 1. The van der Waals surface area contributed by atoms with Crippen molar-refractivity contribution >= 4 is 23.6 Å². The predicted molar refractivity (Wildman–Crippen MR) is 90.2 cm³/mol. The first-order valence-corrected chi connectivity index (χ1v) is 9.16. The van der Waals surface area contributed by atoms with E-state index in [9.17, 15) is 9.59 Å². The summed E-state index contributed by atoms with van der Waals surface area (Å²) in [4.78, 5) is 26.5. The average Bonchev–Trinajstić information content (AvgIpc) is 3.13. The highest BCUT2D eigenvalue weighted by Crippen LogP contribution is 2.24. The molecule has 0 saturated carbocycles. The molecule has 1 saturated heterocycles. The Balaban J connectivity index is 1.95. The standard InChI is InChI=1S/C16H25N3O3S/c1-10(2)5-6-11(3)17-15(20)13-8-23-9-19(13)16(21)14-7-12(4)18-22-14/h7,10-11,13H,5-6,8-9H2,1-4H3,(H,17,20)/t11-,13-/m0/s1. The third-order valence-electron chi connectivity index (χ3n) is 3.85. The van der Waals surface area contributed by atoms with E-state index >= 15 is 0 Å². The summed E-state index contributed by atoms with van der Waals surface area (Å²) in [5.41, 5.74) is 0.656. The van der Waals surface area contributed by atoms with E-state index < -0.39 is 6.04 Å². The Kier molecular flexibility index (Phi) is 6.10. The number of nitrogens with zero attached hydrogens (tertiary/aromatic N) is 2. The molecule has 1 aliphatic heterocycles. The van der Waals surface area contributed by atoms with Crippen LogP contribution in [0.4, 0.5) is 0 Å². The van der Waals surface area contributed by atoms with Crippen LogP contribution in [0.1, 0.15) is 49.9 Å².